The standard InChI is InChI=1S/C34H48ClN3O4/c1-4-16-38(34(41)42-23-25-10-12-28(35)13-11-25)30-14-17-37(18-15-30)22-27-20-29(36-32(33(39)40)19-24(2)3)21-31(27)26-8-6-5-7-9-26/h5-13,24,27,29-32,36H,4,14-23H2,1-3H3,(H,39,40)/t27?,29?,31?,32-/m1/s1. The number of benzene rings is 2. The van der Waals surface area contributed by atoms with Gasteiger partial charge in [-0.05, 0) is 79.5 Å². The number of hydrogen-bond acceptors (Lipinski definition) is 5. The van der Waals surface area contributed by atoms with Crippen LogP contribution in [0, 0.1) is 11.8 Å². The van der Waals surface area contributed by atoms with Gasteiger partial charge >= 0.3 is 12.1 Å². The average Bonchev–Trinajstić information content (AvgIpc) is 3.37. The van der Waals surface area contributed by atoms with Crippen LogP contribution < -0.4 is 5.32 Å². The first-order chi connectivity index (χ1) is 20.2. The Balaban J connectivity index is 1.34. The van der Waals surface area contributed by atoms with Crippen molar-refractivity contribution < 1.29 is 19.4 Å². The lowest BCUT2D eigenvalue weighted by molar-refractivity contribution is -0.140. The fourth-order valence-electron chi connectivity index (χ4n) is 6.79. The SMILES string of the molecule is CCCN(C(=O)OCc1ccc(Cl)cc1)C1CCN(CC2CC(N[C@H](CC(C)C)C(=O)O)CC2c2ccccc2)CC1. The zero-order valence-electron chi connectivity index (χ0n) is 25.4. The second-order valence-corrected chi connectivity index (χ2v) is 13.0. The first-order valence-electron chi connectivity index (χ1n) is 15.7. The van der Waals surface area contributed by atoms with Crippen LogP contribution in [0.15, 0.2) is 54.6 Å². The Morgan fingerprint density at radius 1 is 1.07 bits per heavy atom. The molecule has 2 aromatic carbocycles. The monoisotopic (exact) mass is 597 g/mol. The van der Waals surface area contributed by atoms with Gasteiger partial charge in [0, 0.05) is 43.3 Å². The molecule has 0 spiro atoms. The number of carboxylic acids is 1. The van der Waals surface area contributed by atoms with E-state index in [9.17, 15) is 14.7 Å². The van der Waals surface area contributed by atoms with E-state index in [1.807, 2.05) is 29.2 Å². The van der Waals surface area contributed by atoms with Crippen LogP contribution in [0.4, 0.5) is 4.79 Å². The number of nitrogens with zero attached hydrogens (tertiary/aromatic N) is 2. The summed E-state index contributed by atoms with van der Waals surface area (Å²) in [5, 5.41) is 14.0. The summed E-state index contributed by atoms with van der Waals surface area (Å²) in [6, 6.07) is 17.9. The molecule has 1 aliphatic carbocycles. The molecule has 0 aromatic heterocycles. The number of halogens is 1. The summed E-state index contributed by atoms with van der Waals surface area (Å²) >= 11 is 5.98. The van der Waals surface area contributed by atoms with E-state index in [1.165, 1.54) is 5.56 Å². The average molecular weight is 598 g/mol. The molecule has 2 aliphatic rings. The highest BCUT2D eigenvalue weighted by Gasteiger charge is 2.39. The number of ether oxygens (including phenoxy) is 1. The van der Waals surface area contributed by atoms with Crippen molar-refractivity contribution in [3.63, 3.8) is 0 Å². The van der Waals surface area contributed by atoms with Gasteiger partial charge in [-0.2, -0.15) is 0 Å². The fraction of sp³-hybridized carbons (Fsp3) is 0.588. The highest BCUT2D eigenvalue weighted by Crippen LogP contribution is 2.41. The number of aliphatic carboxylic acids is 1. The number of carbonyl (C=O) groups is 2. The molecule has 3 unspecified atom stereocenters. The van der Waals surface area contributed by atoms with E-state index in [0.717, 1.165) is 57.3 Å². The molecule has 42 heavy (non-hydrogen) atoms. The van der Waals surface area contributed by atoms with E-state index in [1.54, 1.807) is 0 Å². The molecule has 1 saturated carbocycles. The lowest BCUT2D eigenvalue weighted by atomic mass is 9.88. The normalized spacial score (nSPS) is 22.3. The number of amides is 1. The Labute approximate surface area is 256 Å². The van der Waals surface area contributed by atoms with E-state index in [4.69, 9.17) is 16.3 Å². The van der Waals surface area contributed by atoms with Gasteiger partial charge < -0.3 is 25.0 Å². The van der Waals surface area contributed by atoms with Crippen LogP contribution in [0.3, 0.4) is 0 Å². The molecule has 4 rings (SSSR count). The molecule has 8 heteroatoms. The zero-order valence-corrected chi connectivity index (χ0v) is 26.1. The minimum atomic E-state index is -0.756. The van der Waals surface area contributed by atoms with Crippen molar-refractivity contribution in [3.05, 3.63) is 70.7 Å². The van der Waals surface area contributed by atoms with Crippen molar-refractivity contribution in [2.75, 3.05) is 26.2 Å². The van der Waals surface area contributed by atoms with E-state index in [-0.39, 0.29) is 24.8 Å². The molecular formula is C34H48ClN3O4. The Hall–Kier alpha value is -2.61. The van der Waals surface area contributed by atoms with Gasteiger partial charge in [-0.15, -0.1) is 0 Å². The van der Waals surface area contributed by atoms with Gasteiger partial charge in [-0.3, -0.25) is 4.79 Å². The van der Waals surface area contributed by atoms with Crippen LogP contribution in [0.1, 0.15) is 76.3 Å². The van der Waals surface area contributed by atoms with Gasteiger partial charge in [0.1, 0.15) is 12.6 Å². The number of piperidine rings is 1. The number of nitrogens with one attached hydrogen (secondary N) is 1. The van der Waals surface area contributed by atoms with Crippen LogP contribution in [0.5, 0.6) is 0 Å². The molecule has 230 valence electrons. The highest BCUT2D eigenvalue weighted by molar-refractivity contribution is 6.30. The second kappa shape index (κ2) is 15.7. The van der Waals surface area contributed by atoms with E-state index in [2.05, 4.69) is 61.3 Å². The largest absolute Gasteiger partial charge is 0.480 e. The molecule has 1 saturated heterocycles. The maximum atomic E-state index is 13.1. The smallest absolute Gasteiger partial charge is 0.410 e. The molecule has 1 aliphatic heterocycles. The van der Waals surface area contributed by atoms with E-state index < -0.39 is 12.0 Å². The van der Waals surface area contributed by atoms with Gasteiger partial charge in [0.15, 0.2) is 0 Å². The van der Waals surface area contributed by atoms with Crippen LogP contribution in [0.25, 0.3) is 0 Å². The molecule has 2 aromatic rings. The third kappa shape index (κ3) is 9.19. The Morgan fingerprint density at radius 2 is 1.76 bits per heavy atom. The molecule has 2 fully saturated rings. The Kier molecular flexibility index (Phi) is 12.1. The summed E-state index contributed by atoms with van der Waals surface area (Å²) in [5.74, 6) is 0.415. The predicted octanol–water partition coefficient (Wildman–Crippen LogP) is 6.80. The first kappa shape index (κ1) is 32.3. The predicted molar refractivity (Wildman–Crippen MR) is 168 cm³/mol. The van der Waals surface area contributed by atoms with Crippen molar-refractivity contribution in [2.45, 2.75) is 89.9 Å². The summed E-state index contributed by atoms with van der Waals surface area (Å²) < 4.78 is 5.70. The molecule has 1 heterocycles. The van der Waals surface area contributed by atoms with Crippen LogP contribution >= 0.6 is 11.6 Å². The van der Waals surface area contributed by atoms with Crippen LogP contribution in [0.2, 0.25) is 5.02 Å². The molecule has 4 atom stereocenters. The van der Waals surface area contributed by atoms with Crippen molar-refractivity contribution in [1.29, 1.82) is 0 Å². The summed E-state index contributed by atoms with van der Waals surface area (Å²) in [6.45, 7) is 10.1. The van der Waals surface area contributed by atoms with Gasteiger partial charge in [0.05, 0.1) is 0 Å². The lowest BCUT2D eigenvalue weighted by Crippen LogP contribution is -2.48. The minimum absolute atomic E-state index is 0.175. The number of rotatable bonds is 13. The third-order valence-electron chi connectivity index (χ3n) is 8.83. The van der Waals surface area contributed by atoms with Gasteiger partial charge in [-0.1, -0.05) is 74.8 Å². The molecule has 0 bridgehead atoms. The lowest BCUT2D eigenvalue weighted by Gasteiger charge is -2.39. The summed E-state index contributed by atoms with van der Waals surface area (Å²) in [5.41, 5.74) is 2.27. The molecular weight excluding hydrogens is 550 g/mol. The summed E-state index contributed by atoms with van der Waals surface area (Å²) in [4.78, 5) is 29.5. The van der Waals surface area contributed by atoms with Crippen molar-refractivity contribution in [1.82, 2.24) is 15.1 Å². The zero-order chi connectivity index (χ0) is 30.1. The number of carboxylic acid groups (broad SMARTS) is 1. The molecule has 1 amide bonds. The number of hydrogen-bond donors (Lipinski definition) is 2. The van der Waals surface area contributed by atoms with Gasteiger partial charge in [0.2, 0.25) is 0 Å². The number of likely N-dealkylation sites (tertiary alicyclic amines) is 1. The Bertz CT molecular complexity index is 1120. The maximum absolute atomic E-state index is 13.1. The highest BCUT2D eigenvalue weighted by atomic mass is 35.5. The van der Waals surface area contributed by atoms with Gasteiger partial charge in [0.25, 0.3) is 0 Å². The van der Waals surface area contributed by atoms with Crippen LogP contribution in [-0.4, -0.2) is 71.3 Å². The van der Waals surface area contributed by atoms with Crippen molar-refractivity contribution >= 4 is 23.7 Å². The minimum Gasteiger partial charge on any atom is -0.480 e. The van der Waals surface area contributed by atoms with Crippen molar-refractivity contribution in [2.24, 2.45) is 11.8 Å². The third-order valence-corrected chi connectivity index (χ3v) is 9.08. The van der Waals surface area contributed by atoms with E-state index in [0.29, 0.717) is 35.7 Å². The molecule has 2 N–H and O–H groups in total. The van der Waals surface area contributed by atoms with Gasteiger partial charge in [-0.25, -0.2) is 4.79 Å². The summed E-state index contributed by atoms with van der Waals surface area (Å²) in [7, 11) is 0. The maximum Gasteiger partial charge on any atom is 0.410 e. The Morgan fingerprint density at radius 3 is 2.38 bits per heavy atom. The topological polar surface area (TPSA) is 82.1 Å². The first-order valence-corrected chi connectivity index (χ1v) is 16.0. The molecule has 0 radical (unpaired) electrons. The summed E-state index contributed by atoms with van der Waals surface area (Å²) in [6.07, 6.45) is 5.06. The second-order valence-electron chi connectivity index (χ2n) is 12.5. The molecule has 7 nitrogen and oxygen atoms in total. The number of carbonyl (C=O) groups excluding carboxylic acids is 1. The fourth-order valence-corrected chi connectivity index (χ4v) is 6.91. The van der Waals surface area contributed by atoms with Crippen LogP contribution in [-0.2, 0) is 16.1 Å². The quantitative estimate of drug-likeness (QED) is 0.264. The van der Waals surface area contributed by atoms with E-state index >= 15 is 0 Å². The van der Waals surface area contributed by atoms with Crippen molar-refractivity contribution in [3.8, 4) is 0 Å².